The minimum Gasteiger partial charge on any atom is -0.368 e. The maximum Gasteiger partial charge on any atom is 0.127 e. The van der Waals surface area contributed by atoms with Crippen LogP contribution < -0.4 is 5.32 Å². The van der Waals surface area contributed by atoms with Crippen molar-refractivity contribution in [2.24, 2.45) is 0 Å². The average Bonchev–Trinajstić information content (AvgIpc) is 2.79. The van der Waals surface area contributed by atoms with Crippen LogP contribution >= 0.6 is 11.6 Å². The van der Waals surface area contributed by atoms with E-state index < -0.39 is 0 Å². The smallest absolute Gasteiger partial charge is 0.127 e. The first-order chi connectivity index (χ1) is 15.0. The van der Waals surface area contributed by atoms with Gasteiger partial charge in [-0.25, -0.2) is 9.97 Å². The van der Waals surface area contributed by atoms with E-state index in [2.05, 4.69) is 55.0 Å². The molecule has 4 rings (SSSR count). The molecule has 2 heterocycles. The van der Waals surface area contributed by atoms with Gasteiger partial charge in [0.25, 0.3) is 0 Å². The Morgan fingerprint density at radius 1 is 0.968 bits per heavy atom. The summed E-state index contributed by atoms with van der Waals surface area (Å²) in [5, 5.41) is 5.29. The minimum atomic E-state index is 0.396. The fourth-order valence-corrected chi connectivity index (χ4v) is 3.44. The van der Waals surface area contributed by atoms with Crippen molar-refractivity contribution in [2.75, 3.05) is 5.32 Å². The molecular formula is C27H24ClN3. The highest BCUT2D eigenvalue weighted by atomic mass is 35.5. The lowest BCUT2D eigenvalue weighted by atomic mass is 10.1. The van der Waals surface area contributed by atoms with Crippen LogP contribution in [0, 0.1) is 18.8 Å². The molecule has 0 fully saturated rings. The van der Waals surface area contributed by atoms with Gasteiger partial charge in [-0.3, -0.25) is 0 Å². The molecule has 31 heavy (non-hydrogen) atoms. The maximum atomic E-state index is 5.96. The Balaban J connectivity index is 1.56. The first-order valence-corrected chi connectivity index (χ1v) is 10.8. The van der Waals surface area contributed by atoms with Gasteiger partial charge in [-0.2, -0.15) is 0 Å². The molecule has 0 aliphatic carbocycles. The van der Waals surface area contributed by atoms with Crippen LogP contribution in [0.25, 0.3) is 22.0 Å². The van der Waals surface area contributed by atoms with Crippen LogP contribution in [-0.4, -0.2) is 16.0 Å². The highest BCUT2D eigenvalue weighted by molar-refractivity contribution is 6.30. The van der Waals surface area contributed by atoms with E-state index in [1.165, 1.54) is 5.56 Å². The molecule has 4 heteroatoms. The Bertz CT molecular complexity index is 1270. The number of benzene rings is 2. The number of aromatic nitrogens is 2. The Kier molecular flexibility index (Phi) is 6.21. The second kappa shape index (κ2) is 9.20. The molecule has 0 spiro atoms. The number of hydrogen-bond acceptors (Lipinski definition) is 3. The zero-order chi connectivity index (χ0) is 21.8. The normalized spacial score (nSPS) is 11.6. The van der Waals surface area contributed by atoms with Crippen molar-refractivity contribution >= 4 is 28.3 Å². The summed E-state index contributed by atoms with van der Waals surface area (Å²) < 4.78 is 0. The third-order valence-corrected chi connectivity index (χ3v) is 5.55. The van der Waals surface area contributed by atoms with Crippen LogP contribution in [0.2, 0.25) is 5.02 Å². The monoisotopic (exact) mass is 425 g/mol. The molecule has 2 aromatic carbocycles. The highest BCUT2D eigenvalue weighted by Gasteiger charge is 2.06. The van der Waals surface area contributed by atoms with Crippen LogP contribution in [0.3, 0.4) is 0 Å². The van der Waals surface area contributed by atoms with Gasteiger partial charge in [0.2, 0.25) is 0 Å². The molecule has 0 saturated heterocycles. The predicted molar refractivity (Wildman–Crippen MR) is 131 cm³/mol. The van der Waals surface area contributed by atoms with E-state index >= 15 is 0 Å². The number of hydrogen-bond donors (Lipinski definition) is 1. The lowest BCUT2D eigenvalue weighted by Gasteiger charge is -2.14. The van der Waals surface area contributed by atoms with Gasteiger partial charge in [-0.1, -0.05) is 42.6 Å². The predicted octanol–water partition coefficient (Wildman–Crippen LogP) is 6.87. The number of nitrogens with zero attached hydrogens (tertiary/aromatic N) is 2. The molecule has 0 bridgehead atoms. The number of anilines is 1. The maximum absolute atomic E-state index is 5.96. The number of halogens is 1. The molecule has 0 aliphatic heterocycles. The summed E-state index contributed by atoms with van der Waals surface area (Å²) in [6, 6.07) is 20.3. The molecular weight excluding hydrogens is 402 g/mol. The highest BCUT2D eigenvalue weighted by Crippen LogP contribution is 2.23. The third-order valence-electron chi connectivity index (χ3n) is 5.30. The van der Waals surface area contributed by atoms with Gasteiger partial charge in [0, 0.05) is 33.8 Å². The van der Waals surface area contributed by atoms with Crippen LogP contribution in [0.5, 0.6) is 0 Å². The Hall–Kier alpha value is -3.35. The minimum absolute atomic E-state index is 0.396. The summed E-state index contributed by atoms with van der Waals surface area (Å²) in [7, 11) is 0. The second-order valence-electron chi connectivity index (χ2n) is 7.70. The standard InChI is InChI=1S/C27H24ClN3/c1-4-19(3)30-27-15-18(2)25-16-20(6-14-26(25)31-27)5-12-24-13-9-22(17-29-24)21-7-10-23(28)11-8-21/h6-11,13-17,19H,4H2,1-3H3,(H,30,31). The van der Waals surface area contributed by atoms with E-state index in [0.717, 1.165) is 50.5 Å². The molecule has 4 aromatic rings. The number of rotatable bonds is 4. The van der Waals surface area contributed by atoms with Crippen molar-refractivity contribution in [1.29, 1.82) is 0 Å². The van der Waals surface area contributed by atoms with E-state index in [9.17, 15) is 0 Å². The molecule has 0 amide bonds. The molecule has 1 N–H and O–H groups in total. The van der Waals surface area contributed by atoms with Crippen molar-refractivity contribution in [3.63, 3.8) is 0 Å². The molecule has 0 radical (unpaired) electrons. The van der Waals surface area contributed by atoms with E-state index in [1.807, 2.05) is 54.7 Å². The van der Waals surface area contributed by atoms with E-state index in [-0.39, 0.29) is 0 Å². The Morgan fingerprint density at radius 2 is 1.74 bits per heavy atom. The number of fused-ring (bicyclic) bond motifs is 1. The summed E-state index contributed by atoms with van der Waals surface area (Å²) in [4.78, 5) is 9.24. The van der Waals surface area contributed by atoms with Gasteiger partial charge >= 0.3 is 0 Å². The molecule has 1 atom stereocenters. The lowest BCUT2D eigenvalue weighted by molar-refractivity contribution is 0.760. The van der Waals surface area contributed by atoms with Gasteiger partial charge in [0.15, 0.2) is 0 Å². The van der Waals surface area contributed by atoms with Gasteiger partial charge in [0.1, 0.15) is 11.5 Å². The van der Waals surface area contributed by atoms with Gasteiger partial charge in [0.05, 0.1) is 5.52 Å². The van der Waals surface area contributed by atoms with Crippen LogP contribution in [-0.2, 0) is 0 Å². The number of nitrogens with one attached hydrogen (secondary N) is 1. The van der Waals surface area contributed by atoms with Crippen molar-refractivity contribution in [2.45, 2.75) is 33.2 Å². The van der Waals surface area contributed by atoms with Crippen LogP contribution in [0.4, 0.5) is 5.82 Å². The third kappa shape index (κ3) is 5.05. The zero-order valence-electron chi connectivity index (χ0n) is 17.9. The van der Waals surface area contributed by atoms with Gasteiger partial charge in [-0.05, 0) is 79.8 Å². The van der Waals surface area contributed by atoms with E-state index in [4.69, 9.17) is 16.6 Å². The molecule has 2 aromatic heterocycles. The molecule has 3 nitrogen and oxygen atoms in total. The van der Waals surface area contributed by atoms with Crippen molar-refractivity contribution in [3.8, 4) is 23.0 Å². The number of aryl methyl sites for hydroxylation is 1. The van der Waals surface area contributed by atoms with Crippen LogP contribution in [0.15, 0.2) is 66.9 Å². The van der Waals surface area contributed by atoms with Crippen molar-refractivity contribution in [1.82, 2.24) is 9.97 Å². The lowest BCUT2D eigenvalue weighted by Crippen LogP contribution is -2.14. The Labute approximate surface area is 188 Å². The number of pyridine rings is 2. The summed E-state index contributed by atoms with van der Waals surface area (Å²) in [5.74, 6) is 7.31. The second-order valence-corrected chi connectivity index (χ2v) is 8.14. The van der Waals surface area contributed by atoms with E-state index in [0.29, 0.717) is 6.04 Å². The molecule has 1 unspecified atom stereocenters. The zero-order valence-corrected chi connectivity index (χ0v) is 18.7. The molecule has 0 saturated carbocycles. The van der Waals surface area contributed by atoms with Gasteiger partial charge < -0.3 is 5.32 Å². The Morgan fingerprint density at radius 3 is 2.45 bits per heavy atom. The summed E-state index contributed by atoms with van der Waals surface area (Å²) in [5.41, 5.74) is 5.96. The largest absolute Gasteiger partial charge is 0.368 e. The summed E-state index contributed by atoms with van der Waals surface area (Å²) >= 11 is 5.96. The topological polar surface area (TPSA) is 37.8 Å². The fraction of sp³-hybridized carbons (Fsp3) is 0.185. The quantitative estimate of drug-likeness (QED) is 0.362. The SMILES string of the molecule is CCC(C)Nc1cc(C)c2cc(C#Cc3ccc(-c4ccc(Cl)cc4)cn3)ccc2n1. The van der Waals surface area contributed by atoms with Crippen molar-refractivity contribution < 1.29 is 0 Å². The summed E-state index contributed by atoms with van der Waals surface area (Å²) in [6.45, 7) is 6.44. The first-order valence-electron chi connectivity index (χ1n) is 10.4. The summed E-state index contributed by atoms with van der Waals surface area (Å²) in [6.07, 6.45) is 2.90. The fourth-order valence-electron chi connectivity index (χ4n) is 3.32. The van der Waals surface area contributed by atoms with Gasteiger partial charge in [-0.15, -0.1) is 0 Å². The van der Waals surface area contributed by atoms with Crippen LogP contribution in [0.1, 0.15) is 37.1 Å². The van der Waals surface area contributed by atoms with Crippen molar-refractivity contribution in [3.05, 3.63) is 88.7 Å². The molecule has 154 valence electrons. The van der Waals surface area contributed by atoms with E-state index in [1.54, 1.807) is 0 Å². The first kappa shape index (κ1) is 20.9. The average molecular weight is 426 g/mol. The molecule has 0 aliphatic rings.